The summed E-state index contributed by atoms with van der Waals surface area (Å²) in [5.41, 5.74) is 16.9. The molecule has 0 spiro atoms. The summed E-state index contributed by atoms with van der Waals surface area (Å²) >= 11 is 0. The van der Waals surface area contributed by atoms with Crippen LogP contribution in [0.25, 0.3) is 5.70 Å². The standard InChI is InChI=1S/C38H46F2N8O2/c39-31-19-27(20-32(40)22-31)24-47(34-11-15-43-16-12-34)37(49)29-7-5-28(6-8-29)35-21-30-25-48(38(50)45-36(30)44-35)33-9-3-26(4-10-33)23-46(17-1-13-41)18-2-14-42/h3-10,19-22,25,34,36,43-44H,1-2,11-18,23-24,41-42H2,(H,45,50). The van der Waals surface area contributed by atoms with E-state index in [0.29, 0.717) is 24.2 Å². The number of benzene rings is 3. The van der Waals surface area contributed by atoms with Gasteiger partial charge < -0.3 is 32.3 Å². The number of carbonyl (C=O) groups is 2. The molecule has 0 aliphatic carbocycles. The van der Waals surface area contributed by atoms with Crippen molar-refractivity contribution in [2.45, 2.75) is 51.0 Å². The Morgan fingerprint density at radius 3 is 2.14 bits per heavy atom. The fourth-order valence-electron chi connectivity index (χ4n) is 6.78. The lowest BCUT2D eigenvalue weighted by Crippen LogP contribution is -2.51. The van der Waals surface area contributed by atoms with Crippen molar-refractivity contribution >= 4 is 23.3 Å². The van der Waals surface area contributed by atoms with Gasteiger partial charge in [-0.25, -0.2) is 13.6 Å². The molecule has 264 valence electrons. The van der Waals surface area contributed by atoms with E-state index in [4.69, 9.17) is 11.5 Å². The number of anilines is 1. The van der Waals surface area contributed by atoms with E-state index in [-0.39, 0.29) is 30.7 Å². The number of hydrogen-bond donors (Lipinski definition) is 5. The highest BCUT2D eigenvalue weighted by Gasteiger charge is 2.32. The second kappa shape index (κ2) is 16.4. The van der Waals surface area contributed by atoms with Crippen molar-refractivity contribution in [3.63, 3.8) is 0 Å². The molecule has 6 rings (SSSR count). The van der Waals surface area contributed by atoms with Crippen molar-refractivity contribution < 1.29 is 18.4 Å². The zero-order chi connectivity index (χ0) is 35.0. The maximum Gasteiger partial charge on any atom is 0.327 e. The maximum absolute atomic E-state index is 14.0. The number of carbonyl (C=O) groups excluding carboxylic acids is 2. The Labute approximate surface area is 292 Å². The third-order valence-corrected chi connectivity index (χ3v) is 9.42. The predicted octanol–water partition coefficient (Wildman–Crippen LogP) is 4.24. The Hall–Kier alpha value is -4.62. The monoisotopic (exact) mass is 684 g/mol. The van der Waals surface area contributed by atoms with Crippen LogP contribution in [-0.2, 0) is 13.1 Å². The summed E-state index contributed by atoms with van der Waals surface area (Å²) in [5, 5.41) is 9.73. The number of fused-ring (bicyclic) bond motifs is 1. The van der Waals surface area contributed by atoms with Crippen molar-refractivity contribution in [2.24, 2.45) is 11.5 Å². The number of nitrogens with one attached hydrogen (secondary N) is 3. The van der Waals surface area contributed by atoms with Gasteiger partial charge in [-0.1, -0.05) is 24.3 Å². The van der Waals surface area contributed by atoms with E-state index in [0.717, 1.165) is 92.6 Å². The van der Waals surface area contributed by atoms with Crippen LogP contribution in [0, 0.1) is 11.6 Å². The van der Waals surface area contributed by atoms with Crippen molar-refractivity contribution in [1.82, 2.24) is 25.8 Å². The van der Waals surface area contributed by atoms with Gasteiger partial charge >= 0.3 is 6.03 Å². The minimum absolute atomic E-state index is 0.0517. The van der Waals surface area contributed by atoms with E-state index in [2.05, 4.69) is 20.9 Å². The lowest BCUT2D eigenvalue weighted by molar-refractivity contribution is 0.0622. The smallest absolute Gasteiger partial charge is 0.327 e. The summed E-state index contributed by atoms with van der Waals surface area (Å²) in [6, 6.07) is 18.4. The Morgan fingerprint density at radius 1 is 0.840 bits per heavy atom. The van der Waals surface area contributed by atoms with Gasteiger partial charge in [-0.2, -0.15) is 0 Å². The van der Waals surface area contributed by atoms with Crippen LogP contribution < -0.4 is 32.3 Å². The van der Waals surface area contributed by atoms with Gasteiger partial charge in [-0.15, -0.1) is 0 Å². The fourth-order valence-corrected chi connectivity index (χ4v) is 6.78. The SMILES string of the molecule is NCCCN(CCCN)Cc1ccc(N2C=C3C=C(c4ccc(C(=O)N(Cc5cc(F)cc(F)c5)C5CCNCC5)cc4)NC3NC2=O)cc1. The minimum atomic E-state index is -0.664. The first-order valence-electron chi connectivity index (χ1n) is 17.4. The molecular formula is C38H46F2N8O2. The van der Waals surface area contributed by atoms with Crippen LogP contribution in [0.5, 0.6) is 0 Å². The van der Waals surface area contributed by atoms with Gasteiger partial charge in [0.25, 0.3) is 5.91 Å². The molecule has 1 atom stereocenters. The molecule has 3 aliphatic heterocycles. The van der Waals surface area contributed by atoms with Crippen LogP contribution in [0.2, 0.25) is 0 Å². The highest BCUT2D eigenvalue weighted by Crippen LogP contribution is 2.29. The van der Waals surface area contributed by atoms with Crippen molar-refractivity contribution in [3.05, 3.63) is 118 Å². The van der Waals surface area contributed by atoms with Gasteiger partial charge in [-0.05, 0) is 124 Å². The molecule has 3 aliphatic rings. The van der Waals surface area contributed by atoms with Crippen LogP contribution in [0.1, 0.15) is 52.7 Å². The van der Waals surface area contributed by atoms with Crippen molar-refractivity contribution in [2.75, 3.05) is 44.2 Å². The molecule has 10 nitrogen and oxygen atoms in total. The first-order chi connectivity index (χ1) is 24.3. The van der Waals surface area contributed by atoms with Crippen molar-refractivity contribution in [3.8, 4) is 0 Å². The zero-order valence-corrected chi connectivity index (χ0v) is 28.2. The second-order valence-corrected chi connectivity index (χ2v) is 13.1. The Morgan fingerprint density at radius 2 is 1.50 bits per heavy atom. The maximum atomic E-state index is 14.0. The third-order valence-electron chi connectivity index (χ3n) is 9.42. The molecule has 7 N–H and O–H groups in total. The van der Waals surface area contributed by atoms with Gasteiger partial charge in [-0.3, -0.25) is 14.6 Å². The summed E-state index contributed by atoms with van der Waals surface area (Å²) in [5.74, 6) is -1.52. The molecule has 0 radical (unpaired) electrons. The lowest BCUT2D eigenvalue weighted by atomic mass is 10.0. The van der Waals surface area contributed by atoms with E-state index in [9.17, 15) is 18.4 Å². The molecule has 3 amide bonds. The number of hydrogen-bond acceptors (Lipinski definition) is 7. The van der Waals surface area contributed by atoms with Crippen LogP contribution >= 0.6 is 0 Å². The van der Waals surface area contributed by atoms with Crippen LogP contribution in [-0.4, -0.2) is 73.2 Å². The molecular weight excluding hydrogens is 638 g/mol. The minimum Gasteiger partial charge on any atom is -0.361 e. The quantitative estimate of drug-likeness (QED) is 0.172. The highest BCUT2D eigenvalue weighted by molar-refractivity contribution is 5.97. The predicted molar refractivity (Wildman–Crippen MR) is 192 cm³/mol. The molecule has 50 heavy (non-hydrogen) atoms. The van der Waals surface area contributed by atoms with E-state index < -0.39 is 11.6 Å². The van der Waals surface area contributed by atoms with Crippen LogP contribution in [0.4, 0.5) is 19.3 Å². The van der Waals surface area contributed by atoms with Crippen molar-refractivity contribution in [1.29, 1.82) is 0 Å². The van der Waals surface area contributed by atoms with Gasteiger partial charge in [0, 0.05) is 48.2 Å². The number of amides is 3. The average molecular weight is 685 g/mol. The number of nitrogens with two attached hydrogens (primary N) is 2. The Balaban J connectivity index is 1.14. The molecule has 3 aromatic carbocycles. The summed E-state index contributed by atoms with van der Waals surface area (Å²) < 4.78 is 28.0. The average Bonchev–Trinajstić information content (AvgIpc) is 3.54. The molecule has 0 bridgehead atoms. The van der Waals surface area contributed by atoms with Gasteiger partial charge in [0.1, 0.15) is 17.8 Å². The second-order valence-electron chi connectivity index (χ2n) is 13.1. The molecule has 3 heterocycles. The van der Waals surface area contributed by atoms with E-state index >= 15 is 0 Å². The number of piperidine rings is 1. The van der Waals surface area contributed by atoms with E-state index in [1.165, 1.54) is 12.1 Å². The van der Waals surface area contributed by atoms with E-state index in [1.807, 2.05) is 48.7 Å². The van der Waals surface area contributed by atoms with Gasteiger partial charge in [0.2, 0.25) is 0 Å². The summed E-state index contributed by atoms with van der Waals surface area (Å²) in [4.78, 5) is 32.7. The molecule has 0 saturated carbocycles. The lowest BCUT2D eigenvalue weighted by Gasteiger charge is -2.35. The Kier molecular flexibility index (Phi) is 11.5. The fraction of sp³-hybridized carbons (Fsp3) is 0.368. The molecule has 12 heteroatoms. The first-order valence-corrected chi connectivity index (χ1v) is 17.4. The summed E-state index contributed by atoms with van der Waals surface area (Å²) in [7, 11) is 0. The van der Waals surface area contributed by atoms with Crippen LogP contribution in [0.15, 0.2) is 84.6 Å². The topological polar surface area (TPSA) is 132 Å². The third kappa shape index (κ3) is 8.56. The number of halogens is 2. The van der Waals surface area contributed by atoms with Gasteiger partial charge in [0.15, 0.2) is 0 Å². The Bertz CT molecular complexity index is 1680. The van der Waals surface area contributed by atoms with E-state index in [1.54, 1.807) is 21.9 Å². The molecule has 0 aromatic heterocycles. The molecule has 3 aromatic rings. The normalized spacial score (nSPS) is 17.6. The highest BCUT2D eigenvalue weighted by atomic mass is 19.1. The zero-order valence-electron chi connectivity index (χ0n) is 28.2. The summed E-state index contributed by atoms with van der Waals surface area (Å²) in [6.07, 6.45) is 6.82. The first kappa shape index (κ1) is 35.2. The number of urea groups is 1. The molecule has 1 fully saturated rings. The van der Waals surface area contributed by atoms with Crippen LogP contribution in [0.3, 0.4) is 0 Å². The molecule has 1 unspecified atom stereocenters. The number of nitrogens with zero attached hydrogens (tertiary/aromatic N) is 3. The molecule has 1 saturated heterocycles. The largest absolute Gasteiger partial charge is 0.361 e. The summed E-state index contributed by atoms with van der Waals surface area (Å²) in [6.45, 7) is 5.56. The number of rotatable bonds is 14. The van der Waals surface area contributed by atoms with Gasteiger partial charge in [0.05, 0.1) is 5.69 Å².